The highest BCUT2D eigenvalue weighted by molar-refractivity contribution is 5.79. The monoisotopic (exact) mass is 343 g/mol. The number of nitrogens with one attached hydrogen (secondary N) is 2. The summed E-state index contributed by atoms with van der Waals surface area (Å²) in [5, 5.41) is 10.8. The second kappa shape index (κ2) is 10.4. The van der Waals surface area contributed by atoms with Gasteiger partial charge in [-0.15, -0.1) is 0 Å². The van der Waals surface area contributed by atoms with Gasteiger partial charge in [-0.3, -0.25) is 9.67 Å². The minimum absolute atomic E-state index is 0.416. The Labute approximate surface area is 150 Å². The molecule has 6 nitrogen and oxygen atoms in total. The molecule has 0 aliphatic rings. The highest BCUT2D eigenvalue weighted by Gasteiger charge is 2.04. The lowest BCUT2D eigenvalue weighted by molar-refractivity contribution is 0.322. The molecule has 1 aromatic carbocycles. The van der Waals surface area contributed by atoms with Gasteiger partial charge in [0.25, 0.3) is 0 Å². The molecule has 0 amide bonds. The summed E-state index contributed by atoms with van der Waals surface area (Å²) in [6, 6.07) is 10.0. The fraction of sp³-hybridized carbons (Fsp3) is 0.474. The van der Waals surface area contributed by atoms with E-state index in [9.17, 15) is 0 Å². The molecule has 0 saturated heterocycles. The van der Waals surface area contributed by atoms with E-state index in [1.807, 2.05) is 29.1 Å². The molecule has 2 aromatic rings. The molecule has 136 valence electrons. The second-order valence-corrected chi connectivity index (χ2v) is 6.14. The Balaban J connectivity index is 1.72. The SMILES string of the molecule is CCNC(=NCC(C)Cn1cccn1)NCCOc1ccc(C)cc1. The third-order valence-corrected chi connectivity index (χ3v) is 3.65. The van der Waals surface area contributed by atoms with Crippen LogP contribution in [0.5, 0.6) is 5.75 Å². The summed E-state index contributed by atoms with van der Waals surface area (Å²) in [6.45, 7) is 10.0. The fourth-order valence-electron chi connectivity index (χ4n) is 2.35. The van der Waals surface area contributed by atoms with Gasteiger partial charge >= 0.3 is 0 Å². The number of rotatable bonds is 9. The lowest BCUT2D eigenvalue weighted by Crippen LogP contribution is -2.39. The highest BCUT2D eigenvalue weighted by Crippen LogP contribution is 2.10. The number of guanidine groups is 1. The van der Waals surface area contributed by atoms with Crippen molar-refractivity contribution in [1.82, 2.24) is 20.4 Å². The van der Waals surface area contributed by atoms with Crippen LogP contribution in [0.3, 0.4) is 0 Å². The molecule has 1 aromatic heterocycles. The van der Waals surface area contributed by atoms with Crippen LogP contribution in [0.4, 0.5) is 0 Å². The predicted molar refractivity (Wildman–Crippen MR) is 102 cm³/mol. The van der Waals surface area contributed by atoms with E-state index in [1.165, 1.54) is 5.56 Å². The van der Waals surface area contributed by atoms with Gasteiger partial charge in [-0.1, -0.05) is 24.6 Å². The zero-order chi connectivity index (χ0) is 17.9. The van der Waals surface area contributed by atoms with Gasteiger partial charge in [0.1, 0.15) is 12.4 Å². The topological polar surface area (TPSA) is 63.5 Å². The molecule has 0 aliphatic carbocycles. The first-order valence-electron chi connectivity index (χ1n) is 8.86. The summed E-state index contributed by atoms with van der Waals surface area (Å²) >= 11 is 0. The number of ether oxygens (including phenoxy) is 1. The van der Waals surface area contributed by atoms with E-state index in [4.69, 9.17) is 4.74 Å². The standard InChI is InChI=1S/C19H29N5O/c1-4-20-19(22-14-17(3)15-24-12-5-10-23-24)21-11-13-25-18-8-6-16(2)7-9-18/h5-10,12,17H,4,11,13-15H2,1-3H3,(H2,20,21,22). The molecule has 25 heavy (non-hydrogen) atoms. The van der Waals surface area contributed by atoms with Crippen molar-refractivity contribution >= 4 is 5.96 Å². The summed E-state index contributed by atoms with van der Waals surface area (Å²) < 4.78 is 7.67. The van der Waals surface area contributed by atoms with Gasteiger partial charge in [-0.2, -0.15) is 5.10 Å². The number of hydrogen-bond donors (Lipinski definition) is 2. The maximum Gasteiger partial charge on any atom is 0.191 e. The quantitative estimate of drug-likeness (QED) is 0.417. The molecule has 0 spiro atoms. The molecule has 0 fully saturated rings. The van der Waals surface area contributed by atoms with Gasteiger partial charge in [-0.05, 0) is 38.0 Å². The normalized spacial score (nSPS) is 12.7. The first-order valence-corrected chi connectivity index (χ1v) is 8.86. The van der Waals surface area contributed by atoms with E-state index >= 15 is 0 Å². The van der Waals surface area contributed by atoms with E-state index in [0.29, 0.717) is 19.1 Å². The summed E-state index contributed by atoms with van der Waals surface area (Å²) in [5.41, 5.74) is 1.23. The Morgan fingerprint density at radius 2 is 2.08 bits per heavy atom. The molecule has 0 saturated carbocycles. The molecule has 2 rings (SSSR count). The zero-order valence-corrected chi connectivity index (χ0v) is 15.4. The molecule has 6 heteroatoms. The lowest BCUT2D eigenvalue weighted by Gasteiger charge is -2.14. The Morgan fingerprint density at radius 1 is 1.28 bits per heavy atom. The third kappa shape index (κ3) is 7.28. The number of aliphatic imine (C=N–C) groups is 1. The Kier molecular flexibility index (Phi) is 7.82. The summed E-state index contributed by atoms with van der Waals surface area (Å²) in [6.07, 6.45) is 3.78. The van der Waals surface area contributed by atoms with E-state index in [2.05, 4.69) is 53.6 Å². The first-order chi connectivity index (χ1) is 12.2. The number of benzene rings is 1. The van der Waals surface area contributed by atoms with E-state index in [-0.39, 0.29) is 0 Å². The van der Waals surface area contributed by atoms with Crippen LogP contribution >= 0.6 is 0 Å². The van der Waals surface area contributed by atoms with Crippen molar-refractivity contribution in [1.29, 1.82) is 0 Å². The first kappa shape index (κ1) is 18.8. The van der Waals surface area contributed by atoms with Crippen LogP contribution < -0.4 is 15.4 Å². The van der Waals surface area contributed by atoms with Gasteiger partial charge in [0, 0.05) is 32.0 Å². The van der Waals surface area contributed by atoms with Gasteiger partial charge in [0.05, 0.1) is 6.54 Å². The summed E-state index contributed by atoms with van der Waals surface area (Å²) in [4.78, 5) is 4.65. The van der Waals surface area contributed by atoms with Crippen molar-refractivity contribution in [3.05, 3.63) is 48.3 Å². The van der Waals surface area contributed by atoms with Crippen LogP contribution in [-0.2, 0) is 6.54 Å². The molecule has 1 heterocycles. The molecule has 0 radical (unpaired) electrons. The van der Waals surface area contributed by atoms with Crippen LogP contribution in [-0.4, -0.2) is 42.0 Å². The van der Waals surface area contributed by atoms with Crippen LogP contribution in [0.25, 0.3) is 0 Å². The number of aryl methyl sites for hydroxylation is 1. The lowest BCUT2D eigenvalue weighted by atomic mass is 10.2. The van der Waals surface area contributed by atoms with Crippen LogP contribution in [0.2, 0.25) is 0 Å². The number of nitrogens with zero attached hydrogens (tertiary/aromatic N) is 3. The van der Waals surface area contributed by atoms with Gasteiger partial charge < -0.3 is 15.4 Å². The maximum absolute atomic E-state index is 5.73. The van der Waals surface area contributed by atoms with Gasteiger partial charge in [-0.25, -0.2) is 0 Å². The predicted octanol–water partition coefficient (Wildman–Crippen LogP) is 2.46. The van der Waals surface area contributed by atoms with Crippen LogP contribution in [0, 0.1) is 12.8 Å². The molecule has 1 atom stereocenters. The maximum atomic E-state index is 5.73. The van der Waals surface area contributed by atoms with Crippen molar-refractivity contribution < 1.29 is 4.74 Å². The molecule has 0 aliphatic heterocycles. The van der Waals surface area contributed by atoms with Crippen molar-refractivity contribution in [3.8, 4) is 5.75 Å². The minimum Gasteiger partial charge on any atom is -0.492 e. The van der Waals surface area contributed by atoms with E-state index in [1.54, 1.807) is 6.20 Å². The Bertz CT molecular complexity index is 622. The average Bonchev–Trinajstić information content (AvgIpc) is 3.11. The molecule has 2 N–H and O–H groups in total. The third-order valence-electron chi connectivity index (χ3n) is 3.65. The average molecular weight is 343 g/mol. The Hall–Kier alpha value is -2.50. The van der Waals surface area contributed by atoms with Gasteiger partial charge in [0.2, 0.25) is 0 Å². The highest BCUT2D eigenvalue weighted by atomic mass is 16.5. The minimum atomic E-state index is 0.416. The summed E-state index contributed by atoms with van der Waals surface area (Å²) in [7, 11) is 0. The molecule has 1 unspecified atom stereocenters. The second-order valence-electron chi connectivity index (χ2n) is 6.14. The smallest absolute Gasteiger partial charge is 0.191 e. The molecular weight excluding hydrogens is 314 g/mol. The summed E-state index contributed by atoms with van der Waals surface area (Å²) in [5.74, 6) is 2.13. The van der Waals surface area contributed by atoms with Crippen molar-refractivity contribution in [2.75, 3.05) is 26.2 Å². The van der Waals surface area contributed by atoms with Crippen LogP contribution in [0.1, 0.15) is 19.4 Å². The van der Waals surface area contributed by atoms with Crippen molar-refractivity contribution in [3.63, 3.8) is 0 Å². The van der Waals surface area contributed by atoms with Crippen molar-refractivity contribution in [2.45, 2.75) is 27.3 Å². The van der Waals surface area contributed by atoms with Crippen molar-refractivity contribution in [2.24, 2.45) is 10.9 Å². The van der Waals surface area contributed by atoms with E-state index < -0.39 is 0 Å². The molecular formula is C19H29N5O. The Morgan fingerprint density at radius 3 is 2.76 bits per heavy atom. The largest absolute Gasteiger partial charge is 0.492 e. The van der Waals surface area contributed by atoms with Crippen LogP contribution in [0.15, 0.2) is 47.7 Å². The molecule has 0 bridgehead atoms. The number of aromatic nitrogens is 2. The zero-order valence-electron chi connectivity index (χ0n) is 15.4. The van der Waals surface area contributed by atoms with Gasteiger partial charge in [0.15, 0.2) is 5.96 Å². The van der Waals surface area contributed by atoms with E-state index in [0.717, 1.165) is 31.3 Å². The fourth-order valence-corrected chi connectivity index (χ4v) is 2.35. The number of hydrogen-bond acceptors (Lipinski definition) is 3.